The van der Waals surface area contributed by atoms with Crippen molar-refractivity contribution in [3.8, 4) is 23.3 Å². The van der Waals surface area contributed by atoms with Gasteiger partial charge in [-0.25, -0.2) is 39.9 Å². The largest absolute Gasteiger partial charge is 0.234 e. The number of rotatable bonds is 4. The van der Waals surface area contributed by atoms with Crippen LogP contribution in [0.3, 0.4) is 0 Å². The molecule has 0 amide bonds. The topological polar surface area (TPSA) is 103 Å². The third kappa shape index (κ3) is 3.95. The molecule has 0 aromatic carbocycles. The fraction of sp³-hybridized carbons (Fsp3) is 0. The highest BCUT2D eigenvalue weighted by atomic mass is 32.2. The standard InChI is InChI=1S/C20H12N8S2/c1-3-21-17(22-4-1)19-25-7-13(8-26-19)15-11-29-12-16(30-15)14-9-27-20(28-10-14)18-23-5-2-6-24-18/h1-12H. The van der Waals surface area contributed by atoms with E-state index < -0.39 is 0 Å². The molecule has 0 atom stereocenters. The van der Waals surface area contributed by atoms with Gasteiger partial charge < -0.3 is 0 Å². The molecule has 0 N–H and O–H groups in total. The summed E-state index contributed by atoms with van der Waals surface area (Å²) >= 11 is 3.22. The Bertz CT molecular complexity index is 1110. The van der Waals surface area contributed by atoms with Gasteiger partial charge in [-0.05, 0) is 22.9 Å². The molecule has 0 spiro atoms. The minimum Gasteiger partial charge on any atom is -0.234 e. The smallest absolute Gasteiger partial charge is 0.197 e. The molecule has 4 aromatic heterocycles. The van der Waals surface area contributed by atoms with Crippen LogP contribution >= 0.6 is 23.5 Å². The van der Waals surface area contributed by atoms with Gasteiger partial charge in [-0.15, -0.1) is 11.8 Å². The molecular weight excluding hydrogens is 416 g/mol. The highest BCUT2D eigenvalue weighted by Gasteiger charge is 2.15. The molecule has 1 aliphatic heterocycles. The van der Waals surface area contributed by atoms with Crippen LogP contribution in [-0.2, 0) is 0 Å². The highest BCUT2D eigenvalue weighted by molar-refractivity contribution is 8.20. The van der Waals surface area contributed by atoms with Crippen molar-refractivity contribution in [3.05, 3.63) is 83.7 Å². The minimum atomic E-state index is 0.497. The molecule has 10 heteroatoms. The van der Waals surface area contributed by atoms with E-state index in [9.17, 15) is 0 Å². The van der Waals surface area contributed by atoms with Crippen molar-refractivity contribution in [3.63, 3.8) is 0 Å². The Labute approximate surface area is 180 Å². The molecule has 0 radical (unpaired) electrons. The van der Waals surface area contributed by atoms with Crippen molar-refractivity contribution >= 4 is 33.3 Å². The van der Waals surface area contributed by atoms with Crippen molar-refractivity contribution in [1.29, 1.82) is 0 Å². The maximum atomic E-state index is 4.41. The summed E-state index contributed by atoms with van der Waals surface area (Å²) in [5.41, 5.74) is 1.85. The SMILES string of the molecule is C1=C(c2cnc(-c3ncccn3)nc2)SC(c2cnc(-c3ncccn3)nc2)=CS1. The van der Waals surface area contributed by atoms with E-state index in [-0.39, 0.29) is 0 Å². The predicted molar refractivity (Wildman–Crippen MR) is 117 cm³/mol. The summed E-state index contributed by atoms with van der Waals surface area (Å²) in [6, 6.07) is 3.52. The van der Waals surface area contributed by atoms with Crippen molar-refractivity contribution < 1.29 is 0 Å². The van der Waals surface area contributed by atoms with Crippen LogP contribution in [0.5, 0.6) is 0 Å². The number of thioether (sulfide) groups is 2. The highest BCUT2D eigenvalue weighted by Crippen LogP contribution is 2.45. The van der Waals surface area contributed by atoms with Crippen LogP contribution in [0, 0.1) is 0 Å². The second kappa shape index (κ2) is 8.47. The van der Waals surface area contributed by atoms with Gasteiger partial charge in [-0.3, -0.25) is 0 Å². The predicted octanol–water partition coefficient (Wildman–Crippen LogP) is 3.96. The van der Waals surface area contributed by atoms with E-state index in [1.807, 2.05) is 0 Å². The molecule has 0 unspecified atom stereocenters. The summed E-state index contributed by atoms with van der Waals surface area (Å²) in [6.45, 7) is 0. The van der Waals surface area contributed by atoms with Gasteiger partial charge in [0, 0.05) is 70.5 Å². The molecule has 0 bridgehead atoms. The van der Waals surface area contributed by atoms with E-state index in [4.69, 9.17) is 0 Å². The zero-order valence-electron chi connectivity index (χ0n) is 15.3. The molecule has 0 saturated carbocycles. The molecule has 0 aliphatic carbocycles. The summed E-state index contributed by atoms with van der Waals surface area (Å²) in [6.07, 6.45) is 13.8. The Balaban J connectivity index is 1.33. The van der Waals surface area contributed by atoms with Crippen molar-refractivity contribution in [2.24, 2.45) is 0 Å². The summed E-state index contributed by atoms with van der Waals surface area (Å²) in [7, 11) is 0. The lowest BCUT2D eigenvalue weighted by Crippen LogP contribution is -1.97. The van der Waals surface area contributed by atoms with Crippen LogP contribution in [-0.4, -0.2) is 39.9 Å². The van der Waals surface area contributed by atoms with Gasteiger partial charge in [0.2, 0.25) is 0 Å². The molecule has 5 heterocycles. The quantitative estimate of drug-likeness (QED) is 0.474. The Morgan fingerprint density at radius 2 is 0.833 bits per heavy atom. The van der Waals surface area contributed by atoms with Crippen LogP contribution < -0.4 is 0 Å². The summed E-state index contributed by atoms with van der Waals surface area (Å²) in [5, 5.41) is 4.14. The first kappa shape index (κ1) is 18.5. The van der Waals surface area contributed by atoms with E-state index in [1.54, 1.807) is 85.2 Å². The first-order valence-corrected chi connectivity index (χ1v) is 10.6. The molecule has 1 aliphatic rings. The number of hydrogen-bond donors (Lipinski definition) is 0. The molecule has 4 aromatic rings. The van der Waals surface area contributed by atoms with Gasteiger partial charge in [0.15, 0.2) is 23.3 Å². The molecule has 30 heavy (non-hydrogen) atoms. The van der Waals surface area contributed by atoms with Gasteiger partial charge >= 0.3 is 0 Å². The Morgan fingerprint density at radius 3 is 1.23 bits per heavy atom. The van der Waals surface area contributed by atoms with Gasteiger partial charge in [0.1, 0.15) is 0 Å². The maximum absolute atomic E-state index is 4.41. The zero-order chi connectivity index (χ0) is 20.2. The van der Waals surface area contributed by atoms with Gasteiger partial charge in [0.25, 0.3) is 0 Å². The minimum absolute atomic E-state index is 0.497. The molecule has 0 saturated heterocycles. The fourth-order valence-electron chi connectivity index (χ4n) is 2.55. The first-order chi connectivity index (χ1) is 14.9. The Hall–Kier alpha value is -3.50. The van der Waals surface area contributed by atoms with E-state index in [0.29, 0.717) is 23.3 Å². The van der Waals surface area contributed by atoms with E-state index in [1.165, 1.54) is 0 Å². The number of hydrogen-bond acceptors (Lipinski definition) is 10. The van der Waals surface area contributed by atoms with Crippen LogP contribution in [0.1, 0.15) is 11.1 Å². The van der Waals surface area contributed by atoms with E-state index >= 15 is 0 Å². The molecule has 5 rings (SSSR count). The van der Waals surface area contributed by atoms with Crippen LogP contribution in [0.2, 0.25) is 0 Å². The maximum Gasteiger partial charge on any atom is 0.197 e. The fourth-order valence-corrected chi connectivity index (χ4v) is 4.54. The Kier molecular flexibility index (Phi) is 5.23. The van der Waals surface area contributed by atoms with Gasteiger partial charge in [-0.2, -0.15) is 0 Å². The second-order valence-corrected chi connectivity index (χ2v) is 7.77. The first-order valence-electron chi connectivity index (χ1n) is 8.80. The van der Waals surface area contributed by atoms with Crippen molar-refractivity contribution in [2.75, 3.05) is 0 Å². The summed E-state index contributed by atoms with van der Waals surface area (Å²) in [5.74, 6) is 2.00. The normalized spacial score (nSPS) is 13.5. The van der Waals surface area contributed by atoms with E-state index in [0.717, 1.165) is 20.9 Å². The van der Waals surface area contributed by atoms with Crippen LogP contribution in [0.25, 0.3) is 33.1 Å². The van der Waals surface area contributed by atoms with Crippen molar-refractivity contribution in [2.45, 2.75) is 0 Å². The molecular formula is C20H12N8S2. The van der Waals surface area contributed by atoms with Crippen LogP contribution in [0.15, 0.2) is 72.5 Å². The number of nitrogens with zero attached hydrogens (tertiary/aromatic N) is 8. The third-order valence-corrected chi connectivity index (χ3v) is 6.16. The Morgan fingerprint density at radius 1 is 0.467 bits per heavy atom. The van der Waals surface area contributed by atoms with Crippen LogP contribution in [0.4, 0.5) is 0 Å². The number of aromatic nitrogens is 8. The third-order valence-electron chi connectivity index (χ3n) is 3.97. The second-order valence-electron chi connectivity index (χ2n) is 5.94. The molecule has 144 valence electrons. The molecule has 0 fully saturated rings. The summed E-state index contributed by atoms with van der Waals surface area (Å²) < 4.78 is 0. The zero-order valence-corrected chi connectivity index (χ0v) is 17.0. The lowest BCUT2D eigenvalue weighted by atomic mass is 10.3. The molecule has 8 nitrogen and oxygen atoms in total. The lowest BCUT2D eigenvalue weighted by molar-refractivity contribution is 1.07. The summed E-state index contributed by atoms with van der Waals surface area (Å²) in [4.78, 5) is 36.5. The van der Waals surface area contributed by atoms with Gasteiger partial charge in [-0.1, -0.05) is 11.8 Å². The van der Waals surface area contributed by atoms with E-state index in [2.05, 4.69) is 50.7 Å². The van der Waals surface area contributed by atoms with Gasteiger partial charge in [0.05, 0.1) is 0 Å². The average molecular weight is 429 g/mol. The monoisotopic (exact) mass is 428 g/mol. The lowest BCUT2D eigenvalue weighted by Gasteiger charge is -2.14. The average Bonchev–Trinajstić information content (AvgIpc) is 2.85. The van der Waals surface area contributed by atoms with Crippen molar-refractivity contribution in [1.82, 2.24) is 39.9 Å².